The number of halogens is 1. The standard InChI is InChI=1S/C15H19ClN2O2/c1-2-3-6-18(7-8-19)15(20)14-10-11-9-12(16)4-5-13(11)17-14/h4-5,9-10,17,19H,2-3,6-8H2,1H3. The predicted octanol–water partition coefficient (Wildman–Crippen LogP) is 3.06. The number of H-pyrrole nitrogens is 1. The number of unbranched alkanes of at least 4 members (excludes halogenated alkanes) is 1. The number of rotatable bonds is 6. The van der Waals surface area contributed by atoms with E-state index in [-0.39, 0.29) is 12.5 Å². The van der Waals surface area contributed by atoms with Crippen LogP contribution >= 0.6 is 11.6 Å². The van der Waals surface area contributed by atoms with Gasteiger partial charge in [-0.1, -0.05) is 24.9 Å². The highest BCUT2D eigenvalue weighted by Crippen LogP contribution is 2.21. The lowest BCUT2D eigenvalue weighted by molar-refractivity contribution is 0.0714. The van der Waals surface area contributed by atoms with Gasteiger partial charge in [0, 0.05) is 29.0 Å². The van der Waals surface area contributed by atoms with Crippen LogP contribution < -0.4 is 0 Å². The van der Waals surface area contributed by atoms with Gasteiger partial charge < -0.3 is 15.0 Å². The maximum absolute atomic E-state index is 12.4. The number of aromatic amines is 1. The molecule has 0 bridgehead atoms. The number of nitrogens with zero attached hydrogens (tertiary/aromatic N) is 1. The fraction of sp³-hybridized carbons (Fsp3) is 0.400. The smallest absolute Gasteiger partial charge is 0.270 e. The van der Waals surface area contributed by atoms with E-state index in [2.05, 4.69) is 11.9 Å². The first-order valence-electron chi connectivity index (χ1n) is 6.84. The minimum Gasteiger partial charge on any atom is -0.395 e. The Kier molecular flexibility index (Phi) is 5.04. The Bertz CT molecular complexity index is 595. The first-order valence-corrected chi connectivity index (χ1v) is 7.22. The molecule has 0 spiro atoms. The van der Waals surface area contributed by atoms with E-state index in [1.807, 2.05) is 12.1 Å². The summed E-state index contributed by atoms with van der Waals surface area (Å²) in [5.74, 6) is -0.0835. The maximum atomic E-state index is 12.4. The summed E-state index contributed by atoms with van der Waals surface area (Å²) >= 11 is 5.95. The van der Waals surface area contributed by atoms with Crippen molar-refractivity contribution in [3.8, 4) is 0 Å². The van der Waals surface area contributed by atoms with Gasteiger partial charge in [-0.15, -0.1) is 0 Å². The molecule has 2 N–H and O–H groups in total. The number of hydrogen-bond acceptors (Lipinski definition) is 2. The van der Waals surface area contributed by atoms with Gasteiger partial charge in [0.05, 0.1) is 6.61 Å². The molecule has 0 atom stereocenters. The summed E-state index contributed by atoms with van der Waals surface area (Å²) in [5.41, 5.74) is 1.42. The third-order valence-electron chi connectivity index (χ3n) is 3.25. The summed E-state index contributed by atoms with van der Waals surface area (Å²) in [6, 6.07) is 7.28. The molecule has 0 radical (unpaired) electrons. The second-order valence-corrected chi connectivity index (χ2v) is 5.22. The molecule has 0 unspecified atom stereocenters. The van der Waals surface area contributed by atoms with Crippen molar-refractivity contribution in [2.45, 2.75) is 19.8 Å². The van der Waals surface area contributed by atoms with Crippen molar-refractivity contribution in [1.29, 1.82) is 0 Å². The first kappa shape index (κ1) is 14.9. The van der Waals surface area contributed by atoms with E-state index in [4.69, 9.17) is 16.7 Å². The van der Waals surface area contributed by atoms with Crippen LogP contribution in [0.25, 0.3) is 10.9 Å². The lowest BCUT2D eigenvalue weighted by Gasteiger charge is -2.20. The van der Waals surface area contributed by atoms with Gasteiger partial charge in [0.1, 0.15) is 5.69 Å². The Morgan fingerprint density at radius 3 is 2.85 bits per heavy atom. The number of carbonyl (C=O) groups is 1. The quantitative estimate of drug-likeness (QED) is 0.860. The number of nitrogens with one attached hydrogen (secondary N) is 1. The second-order valence-electron chi connectivity index (χ2n) is 4.78. The number of fused-ring (bicyclic) bond motifs is 1. The molecule has 0 fully saturated rings. The number of carbonyl (C=O) groups excluding carboxylic acids is 1. The molecule has 4 nitrogen and oxygen atoms in total. The third-order valence-corrected chi connectivity index (χ3v) is 3.49. The molecule has 1 aromatic heterocycles. The van der Waals surface area contributed by atoms with E-state index in [1.54, 1.807) is 17.0 Å². The van der Waals surface area contributed by atoms with E-state index in [0.717, 1.165) is 23.7 Å². The van der Waals surface area contributed by atoms with Crippen LogP contribution in [-0.4, -0.2) is 40.6 Å². The Hall–Kier alpha value is -1.52. The third kappa shape index (κ3) is 3.32. The zero-order valence-electron chi connectivity index (χ0n) is 11.5. The van der Waals surface area contributed by atoms with E-state index in [9.17, 15) is 4.79 Å². The molecule has 0 saturated carbocycles. The number of aliphatic hydroxyl groups is 1. The molecule has 1 aromatic carbocycles. The van der Waals surface area contributed by atoms with Crippen LogP contribution in [0.1, 0.15) is 30.3 Å². The minimum absolute atomic E-state index is 0.0263. The Morgan fingerprint density at radius 1 is 1.35 bits per heavy atom. The molecular formula is C15H19ClN2O2. The highest BCUT2D eigenvalue weighted by Gasteiger charge is 2.17. The summed E-state index contributed by atoms with van der Waals surface area (Å²) in [7, 11) is 0. The predicted molar refractivity (Wildman–Crippen MR) is 81.2 cm³/mol. The molecule has 20 heavy (non-hydrogen) atoms. The van der Waals surface area contributed by atoms with Crippen LogP contribution in [0.15, 0.2) is 24.3 Å². The average molecular weight is 295 g/mol. The van der Waals surface area contributed by atoms with E-state index < -0.39 is 0 Å². The van der Waals surface area contributed by atoms with Gasteiger partial charge in [-0.05, 0) is 30.7 Å². The Balaban J connectivity index is 2.23. The highest BCUT2D eigenvalue weighted by atomic mass is 35.5. The largest absolute Gasteiger partial charge is 0.395 e. The summed E-state index contributed by atoms with van der Waals surface area (Å²) in [6.45, 7) is 3.06. The van der Waals surface area contributed by atoms with E-state index in [0.29, 0.717) is 23.8 Å². The van der Waals surface area contributed by atoms with Crippen molar-refractivity contribution < 1.29 is 9.90 Å². The van der Waals surface area contributed by atoms with Crippen molar-refractivity contribution >= 4 is 28.4 Å². The van der Waals surface area contributed by atoms with E-state index in [1.165, 1.54) is 0 Å². The highest BCUT2D eigenvalue weighted by molar-refractivity contribution is 6.31. The number of benzene rings is 1. The molecule has 0 aliphatic carbocycles. The van der Waals surface area contributed by atoms with Crippen LogP contribution in [-0.2, 0) is 0 Å². The zero-order chi connectivity index (χ0) is 14.5. The van der Waals surface area contributed by atoms with Gasteiger partial charge >= 0.3 is 0 Å². The van der Waals surface area contributed by atoms with Crippen molar-refractivity contribution in [2.75, 3.05) is 19.7 Å². The zero-order valence-corrected chi connectivity index (χ0v) is 12.3. The Labute approximate surface area is 123 Å². The van der Waals surface area contributed by atoms with Gasteiger partial charge in [0.15, 0.2) is 0 Å². The van der Waals surface area contributed by atoms with Gasteiger partial charge in [0.25, 0.3) is 5.91 Å². The molecule has 0 aliphatic rings. The van der Waals surface area contributed by atoms with Crippen LogP contribution in [0.4, 0.5) is 0 Å². The molecule has 0 aliphatic heterocycles. The normalized spacial score (nSPS) is 10.9. The summed E-state index contributed by atoms with van der Waals surface area (Å²) < 4.78 is 0. The molecule has 2 aromatic rings. The van der Waals surface area contributed by atoms with Crippen molar-refractivity contribution in [1.82, 2.24) is 9.88 Å². The lowest BCUT2D eigenvalue weighted by atomic mass is 10.2. The fourth-order valence-electron chi connectivity index (χ4n) is 2.17. The Morgan fingerprint density at radius 2 is 2.15 bits per heavy atom. The molecular weight excluding hydrogens is 276 g/mol. The van der Waals surface area contributed by atoms with Crippen molar-refractivity contribution in [3.05, 3.63) is 35.0 Å². The number of hydrogen-bond donors (Lipinski definition) is 2. The van der Waals surface area contributed by atoms with Crippen LogP contribution in [0, 0.1) is 0 Å². The van der Waals surface area contributed by atoms with Crippen molar-refractivity contribution in [3.63, 3.8) is 0 Å². The minimum atomic E-state index is -0.0835. The van der Waals surface area contributed by atoms with Crippen molar-refractivity contribution in [2.24, 2.45) is 0 Å². The fourth-order valence-corrected chi connectivity index (χ4v) is 2.35. The first-order chi connectivity index (χ1) is 9.65. The SMILES string of the molecule is CCCCN(CCO)C(=O)c1cc2cc(Cl)ccc2[nH]1. The van der Waals surface area contributed by atoms with Crippen LogP contribution in [0.2, 0.25) is 5.02 Å². The van der Waals surface area contributed by atoms with Gasteiger partial charge in [-0.25, -0.2) is 0 Å². The topological polar surface area (TPSA) is 56.3 Å². The lowest BCUT2D eigenvalue weighted by Crippen LogP contribution is -2.34. The molecule has 1 heterocycles. The molecule has 108 valence electrons. The maximum Gasteiger partial charge on any atom is 0.270 e. The summed E-state index contributed by atoms with van der Waals surface area (Å²) in [5, 5.41) is 10.7. The van der Waals surface area contributed by atoms with Crippen LogP contribution in [0.3, 0.4) is 0 Å². The number of amides is 1. The molecule has 0 saturated heterocycles. The van der Waals surface area contributed by atoms with Crippen LogP contribution in [0.5, 0.6) is 0 Å². The van der Waals surface area contributed by atoms with Gasteiger partial charge in [-0.3, -0.25) is 4.79 Å². The summed E-state index contributed by atoms with van der Waals surface area (Å²) in [4.78, 5) is 17.2. The molecule has 2 rings (SSSR count). The number of aromatic nitrogens is 1. The number of aliphatic hydroxyl groups excluding tert-OH is 1. The van der Waals surface area contributed by atoms with Gasteiger partial charge in [-0.2, -0.15) is 0 Å². The molecule has 1 amide bonds. The van der Waals surface area contributed by atoms with Gasteiger partial charge in [0.2, 0.25) is 0 Å². The molecule has 5 heteroatoms. The van der Waals surface area contributed by atoms with E-state index >= 15 is 0 Å². The summed E-state index contributed by atoms with van der Waals surface area (Å²) in [6.07, 6.45) is 1.94. The average Bonchev–Trinajstić information content (AvgIpc) is 2.85. The monoisotopic (exact) mass is 294 g/mol. The second kappa shape index (κ2) is 6.77.